The molecule has 1 aromatic heterocycles. The third-order valence-corrected chi connectivity index (χ3v) is 7.64. The minimum Gasteiger partial charge on any atom is -0.336 e. The van der Waals surface area contributed by atoms with Crippen LogP contribution in [-0.4, -0.2) is 83.7 Å². The van der Waals surface area contributed by atoms with Gasteiger partial charge in [0.25, 0.3) is 5.91 Å². The van der Waals surface area contributed by atoms with Gasteiger partial charge in [-0.2, -0.15) is 12.7 Å². The van der Waals surface area contributed by atoms with E-state index < -0.39 is 10.2 Å². The van der Waals surface area contributed by atoms with Crippen molar-refractivity contribution in [1.82, 2.24) is 23.1 Å². The number of carbonyl (C=O) groups excluding carboxylic acids is 1. The molecule has 2 aliphatic rings. The third-order valence-electron chi connectivity index (χ3n) is 5.93. The number of para-hydroxylation sites is 1. The van der Waals surface area contributed by atoms with Crippen molar-refractivity contribution < 1.29 is 13.2 Å². The van der Waals surface area contributed by atoms with E-state index in [1.807, 2.05) is 4.90 Å². The van der Waals surface area contributed by atoms with Crippen LogP contribution in [0.2, 0.25) is 0 Å². The Kier molecular flexibility index (Phi) is 5.15. The largest absolute Gasteiger partial charge is 0.336 e. The van der Waals surface area contributed by atoms with E-state index in [0.29, 0.717) is 35.7 Å². The zero-order chi connectivity index (χ0) is 19.9. The Labute approximate surface area is 165 Å². The quantitative estimate of drug-likeness (QED) is 0.768. The number of hydrogen-bond donors (Lipinski definition) is 0. The monoisotopic (exact) mass is 405 g/mol. The summed E-state index contributed by atoms with van der Waals surface area (Å²) in [5, 5.41) is 0. The van der Waals surface area contributed by atoms with Crippen LogP contribution in [0.15, 0.2) is 24.5 Å². The molecule has 9 heteroatoms. The van der Waals surface area contributed by atoms with Gasteiger partial charge in [-0.05, 0) is 25.0 Å². The molecule has 1 aliphatic carbocycles. The summed E-state index contributed by atoms with van der Waals surface area (Å²) < 4.78 is 27.3. The van der Waals surface area contributed by atoms with Crippen LogP contribution in [0.1, 0.15) is 36.0 Å². The molecule has 1 saturated carbocycles. The van der Waals surface area contributed by atoms with E-state index in [2.05, 4.69) is 9.88 Å². The second kappa shape index (κ2) is 7.46. The predicted octanol–water partition coefficient (Wildman–Crippen LogP) is 1.39. The van der Waals surface area contributed by atoms with E-state index >= 15 is 0 Å². The second-order valence-electron chi connectivity index (χ2n) is 7.77. The van der Waals surface area contributed by atoms with Crippen molar-refractivity contribution in [2.45, 2.75) is 31.7 Å². The zero-order valence-corrected chi connectivity index (χ0v) is 17.2. The molecule has 152 valence electrons. The second-order valence-corrected chi connectivity index (χ2v) is 9.79. The molecule has 0 atom stereocenters. The van der Waals surface area contributed by atoms with E-state index in [4.69, 9.17) is 0 Å². The van der Waals surface area contributed by atoms with Crippen LogP contribution in [0.4, 0.5) is 0 Å². The van der Waals surface area contributed by atoms with E-state index in [1.54, 1.807) is 18.2 Å². The summed E-state index contributed by atoms with van der Waals surface area (Å²) in [6.45, 7) is 3.19. The van der Waals surface area contributed by atoms with Crippen LogP contribution in [0.25, 0.3) is 11.0 Å². The predicted molar refractivity (Wildman–Crippen MR) is 107 cm³/mol. The summed E-state index contributed by atoms with van der Waals surface area (Å²) in [5.41, 5.74) is 1.31. The molecule has 0 N–H and O–H groups in total. The van der Waals surface area contributed by atoms with Crippen LogP contribution in [0.3, 0.4) is 0 Å². The highest BCUT2D eigenvalue weighted by molar-refractivity contribution is 7.87. The average Bonchev–Trinajstić information content (AvgIpc) is 3.37. The van der Waals surface area contributed by atoms with Crippen LogP contribution in [0.5, 0.6) is 0 Å². The number of hydrogen-bond acceptors (Lipinski definition) is 5. The van der Waals surface area contributed by atoms with Gasteiger partial charge in [-0.3, -0.25) is 9.69 Å². The number of nitrogens with zero attached hydrogens (tertiary/aromatic N) is 5. The molecular weight excluding hydrogens is 378 g/mol. The number of fused-ring (bicyclic) bond motifs is 1. The summed E-state index contributed by atoms with van der Waals surface area (Å²) >= 11 is 0. The third kappa shape index (κ3) is 3.31. The number of imidazole rings is 1. The smallest absolute Gasteiger partial charge is 0.308 e. The lowest BCUT2D eigenvalue weighted by Gasteiger charge is -2.38. The maximum absolute atomic E-state index is 13.1. The number of amides is 1. The van der Waals surface area contributed by atoms with E-state index in [1.165, 1.54) is 46.1 Å². The van der Waals surface area contributed by atoms with Crippen LogP contribution >= 0.6 is 0 Å². The Balaban J connectivity index is 1.56. The van der Waals surface area contributed by atoms with Gasteiger partial charge >= 0.3 is 10.2 Å². The van der Waals surface area contributed by atoms with E-state index in [-0.39, 0.29) is 5.91 Å². The molecule has 1 aromatic carbocycles. The van der Waals surface area contributed by atoms with Crippen molar-refractivity contribution in [2.24, 2.45) is 0 Å². The first-order chi connectivity index (χ1) is 13.4. The lowest BCUT2D eigenvalue weighted by Crippen LogP contribution is -2.51. The highest BCUT2D eigenvalue weighted by Gasteiger charge is 2.29. The number of piperazine rings is 1. The lowest BCUT2D eigenvalue weighted by molar-refractivity contribution is 0.0575. The lowest BCUT2D eigenvalue weighted by atomic mass is 10.1. The Morgan fingerprint density at radius 3 is 2.43 bits per heavy atom. The fourth-order valence-electron chi connectivity index (χ4n) is 4.28. The molecule has 28 heavy (non-hydrogen) atoms. The zero-order valence-electron chi connectivity index (χ0n) is 16.4. The maximum Gasteiger partial charge on any atom is 0.308 e. The first kappa shape index (κ1) is 19.4. The Bertz CT molecular complexity index is 971. The molecule has 0 radical (unpaired) electrons. The molecule has 4 rings (SSSR count). The van der Waals surface area contributed by atoms with E-state index in [0.717, 1.165) is 21.4 Å². The molecule has 0 bridgehead atoms. The summed E-state index contributed by atoms with van der Waals surface area (Å²) in [7, 11) is -0.744. The molecule has 2 fully saturated rings. The van der Waals surface area contributed by atoms with Gasteiger partial charge in [0.05, 0.1) is 11.1 Å². The SMILES string of the molecule is CN(C)S(=O)(=O)n1cnc2c(C(=O)N3CCN(C4CCCC4)CC3)cccc21. The van der Waals surface area contributed by atoms with Gasteiger partial charge in [-0.1, -0.05) is 18.9 Å². The van der Waals surface area contributed by atoms with Crippen molar-refractivity contribution in [3.8, 4) is 0 Å². The van der Waals surface area contributed by atoms with Gasteiger partial charge in [-0.15, -0.1) is 0 Å². The number of carbonyl (C=O) groups is 1. The number of benzene rings is 1. The first-order valence-electron chi connectivity index (χ1n) is 9.82. The van der Waals surface area contributed by atoms with E-state index in [9.17, 15) is 13.2 Å². The standard InChI is InChI=1S/C19H27N5O3S/c1-21(2)28(26,27)24-14-20-18-16(8-5-9-17(18)24)19(25)23-12-10-22(11-13-23)15-6-3-4-7-15/h5,8-9,14-15H,3-4,6-7,10-13H2,1-2H3. The number of rotatable bonds is 4. The maximum atomic E-state index is 13.1. The van der Waals surface area contributed by atoms with Crippen LogP contribution in [0, 0.1) is 0 Å². The van der Waals surface area contributed by atoms with Crippen molar-refractivity contribution in [1.29, 1.82) is 0 Å². The van der Waals surface area contributed by atoms with Gasteiger partial charge in [-0.25, -0.2) is 8.96 Å². The van der Waals surface area contributed by atoms with Crippen molar-refractivity contribution in [3.63, 3.8) is 0 Å². The summed E-state index contributed by atoms with van der Waals surface area (Å²) in [5.74, 6) is -0.0795. The first-order valence-corrected chi connectivity index (χ1v) is 11.2. The number of aromatic nitrogens is 2. The van der Waals surface area contributed by atoms with Gasteiger partial charge in [0.1, 0.15) is 11.8 Å². The summed E-state index contributed by atoms with van der Waals surface area (Å²) in [6, 6.07) is 5.80. The normalized spacial score (nSPS) is 19.8. The van der Waals surface area contributed by atoms with Crippen LogP contribution < -0.4 is 0 Å². The van der Waals surface area contributed by atoms with Crippen molar-refractivity contribution in [3.05, 3.63) is 30.1 Å². The van der Waals surface area contributed by atoms with Gasteiger partial charge in [0, 0.05) is 46.3 Å². The molecule has 0 spiro atoms. The molecule has 1 saturated heterocycles. The molecule has 1 aliphatic heterocycles. The highest BCUT2D eigenvalue weighted by atomic mass is 32.2. The van der Waals surface area contributed by atoms with Gasteiger partial charge in [0.15, 0.2) is 0 Å². The molecular formula is C19H27N5O3S. The fourth-order valence-corrected chi connectivity index (χ4v) is 5.19. The molecule has 1 amide bonds. The van der Waals surface area contributed by atoms with Gasteiger partial charge < -0.3 is 4.90 Å². The highest BCUT2D eigenvalue weighted by Crippen LogP contribution is 2.25. The molecule has 2 aromatic rings. The fraction of sp³-hybridized carbons (Fsp3) is 0.579. The van der Waals surface area contributed by atoms with Crippen molar-refractivity contribution >= 4 is 27.1 Å². The van der Waals surface area contributed by atoms with Crippen LogP contribution in [-0.2, 0) is 10.2 Å². The average molecular weight is 406 g/mol. The minimum absolute atomic E-state index is 0.0795. The van der Waals surface area contributed by atoms with Gasteiger partial charge in [0.2, 0.25) is 0 Å². The summed E-state index contributed by atoms with van der Waals surface area (Å²) in [6.07, 6.45) is 6.43. The Morgan fingerprint density at radius 1 is 1.11 bits per heavy atom. The molecule has 8 nitrogen and oxygen atoms in total. The Morgan fingerprint density at radius 2 is 1.79 bits per heavy atom. The topological polar surface area (TPSA) is 78.8 Å². The Hall–Kier alpha value is -1.97. The minimum atomic E-state index is -3.69. The summed E-state index contributed by atoms with van der Waals surface area (Å²) in [4.78, 5) is 21.8. The molecule has 0 unspecified atom stereocenters. The molecule has 2 heterocycles. The van der Waals surface area contributed by atoms with Crippen molar-refractivity contribution in [2.75, 3.05) is 40.3 Å².